The highest BCUT2D eigenvalue weighted by Gasteiger charge is 2.27. The van der Waals surface area contributed by atoms with E-state index in [-0.39, 0.29) is 30.3 Å². The number of hydrogen-bond acceptors (Lipinski definition) is 1. The van der Waals surface area contributed by atoms with E-state index in [1.165, 1.54) is 18.4 Å². The van der Waals surface area contributed by atoms with Gasteiger partial charge in [0.05, 0.1) is 0 Å². The lowest BCUT2D eigenvalue weighted by molar-refractivity contribution is 0.423. The number of benzene rings is 2. The van der Waals surface area contributed by atoms with Crippen LogP contribution in [0.15, 0.2) is 48.5 Å². The summed E-state index contributed by atoms with van der Waals surface area (Å²) in [5.41, 5.74) is 3.05. The predicted molar refractivity (Wildman–Crippen MR) is 96.5 cm³/mol. The summed E-state index contributed by atoms with van der Waals surface area (Å²) in [5.74, 6) is 0.692. The lowest BCUT2D eigenvalue weighted by atomic mass is 9.97. The predicted octanol–water partition coefficient (Wildman–Crippen LogP) is 5.75. The summed E-state index contributed by atoms with van der Waals surface area (Å²) in [6, 6.07) is 16.6. The molecule has 0 aliphatic heterocycles. The van der Waals surface area contributed by atoms with E-state index in [0.29, 0.717) is 5.56 Å². The third-order valence-corrected chi connectivity index (χ3v) is 4.61. The molecule has 0 spiro atoms. The molecule has 2 aromatic carbocycles. The summed E-state index contributed by atoms with van der Waals surface area (Å²) >= 11 is 0. The summed E-state index contributed by atoms with van der Waals surface area (Å²) in [6.07, 6.45) is 3.72. The normalized spacial score (nSPS) is 16.5. The summed E-state index contributed by atoms with van der Waals surface area (Å²) in [7, 11) is 0. The molecular formula is C20H25ClFN. The molecule has 1 N–H and O–H groups in total. The molecule has 2 aromatic rings. The van der Waals surface area contributed by atoms with Gasteiger partial charge in [-0.2, -0.15) is 0 Å². The molecule has 0 bridgehead atoms. The molecule has 0 aromatic heterocycles. The zero-order valence-corrected chi connectivity index (χ0v) is 14.6. The molecule has 1 saturated carbocycles. The molecule has 2 atom stereocenters. The first-order valence-corrected chi connectivity index (χ1v) is 8.20. The number of hydrogen-bond donors (Lipinski definition) is 1. The summed E-state index contributed by atoms with van der Waals surface area (Å²) < 4.78 is 13.9. The molecule has 124 valence electrons. The molecular weight excluding hydrogens is 309 g/mol. The summed E-state index contributed by atoms with van der Waals surface area (Å²) in [5, 5.41) is 3.70. The van der Waals surface area contributed by atoms with Gasteiger partial charge < -0.3 is 5.32 Å². The van der Waals surface area contributed by atoms with Gasteiger partial charge in [-0.15, -0.1) is 12.4 Å². The largest absolute Gasteiger partial charge is 0.303 e. The Bertz CT molecular complexity index is 625. The number of nitrogens with one attached hydrogen (secondary N) is 1. The number of aryl methyl sites for hydroxylation is 1. The molecule has 3 rings (SSSR count). The van der Waals surface area contributed by atoms with Crippen LogP contribution in [0, 0.1) is 18.7 Å². The van der Waals surface area contributed by atoms with Crippen LogP contribution in [0.4, 0.5) is 4.39 Å². The van der Waals surface area contributed by atoms with Gasteiger partial charge >= 0.3 is 0 Å². The van der Waals surface area contributed by atoms with Crippen LogP contribution in [-0.4, -0.2) is 0 Å². The van der Waals surface area contributed by atoms with E-state index >= 15 is 0 Å². The molecule has 1 aliphatic rings. The molecule has 1 aliphatic carbocycles. The van der Waals surface area contributed by atoms with E-state index in [9.17, 15) is 4.39 Å². The zero-order chi connectivity index (χ0) is 15.5. The smallest absolute Gasteiger partial charge is 0.126 e. The first-order chi connectivity index (χ1) is 10.6. The average molecular weight is 334 g/mol. The van der Waals surface area contributed by atoms with Crippen LogP contribution in [-0.2, 0) is 0 Å². The fourth-order valence-corrected chi connectivity index (χ4v) is 2.95. The first kappa shape index (κ1) is 18.0. The SMILES string of the molecule is Cc1ccc(C(CC2CC2)NC(C)c2ccccc2)cc1F.Cl. The van der Waals surface area contributed by atoms with Crippen molar-refractivity contribution >= 4 is 12.4 Å². The van der Waals surface area contributed by atoms with E-state index in [2.05, 4.69) is 42.6 Å². The van der Waals surface area contributed by atoms with Gasteiger partial charge in [0.25, 0.3) is 0 Å². The maximum absolute atomic E-state index is 13.9. The Hall–Kier alpha value is -1.38. The van der Waals surface area contributed by atoms with Crippen molar-refractivity contribution in [3.05, 3.63) is 71.0 Å². The Morgan fingerprint density at radius 1 is 1.09 bits per heavy atom. The minimum atomic E-state index is -0.104. The minimum Gasteiger partial charge on any atom is -0.303 e. The summed E-state index contributed by atoms with van der Waals surface area (Å²) in [6.45, 7) is 3.99. The Kier molecular flexibility index (Phi) is 6.20. The highest BCUT2D eigenvalue weighted by atomic mass is 35.5. The van der Waals surface area contributed by atoms with Gasteiger partial charge in [0.2, 0.25) is 0 Å². The van der Waals surface area contributed by atoms with Crippen molar-refractivity contribution in [1.82, 2.24) is 5.32 Å². The van der Waals surface area contributed by atoms with Gasteiger partial charge in [-0.25, -0.2) is 4.39 Å². The third kappa shape index (κ3) is 4.79. The maximum Gasteiger partial charge on any atom is 0.126 e. The van der Waals surface area contributed by atoms with E-state index in [1.807, 2.05) is 19.1 Å². The van der Waals surface area contributed by atoms with Gasteiger partial charge in [-0.3, -0.25) is 0 Å². The molecule has 23 heavy (non-hydrogen) atoms. The second-order valence-electron chi connectivity index (χ2n) is 6.54. The van der Waals surface area contributed by atoms with E-state index in [0.717, 1.165) is 17.9 Å². The minimum absolute atomic E-state index is 0. The van der Waals surface area contributed by atoms with Crippen molar-refractivity contribution in [2.24, 2.45) is 5.92 Å². The molecule has 1 nitrogen and oxygen atoms in total. The van der Waals surface area contributed by atoms with Gasteiger partial charge in [-0.1, -0.05) is 55.3 Å². The second kappa shape index (κ2) is 7.94. The van der Waals surface area contributed by atoms with Crippen molar-refractivity contribution in [3.8, 4) is 0 Å². The van der Waals surface area contributed by atoms with Crippen molar-refractivity contribution in [1.29, 1.82) is 0 Å². The fraction of sp³-hybridized carbons (Fsp3) is 0.400. The molecule has 3 heteroatoms. The average Bonchev–Trinajstić information content (AvgIpc) is 3.34. The Morgan fingerprint density at radius 3 is 2.39 bits per heavy atom. The highest BCUT2D eigenvalue weighted by Crippen LogP contribution is 2.38. The van der Waals surface area contributed by atoms with Gasteiger partial charge in [-0.05, 0) is 48.9 Å². The third-order valence-electron chi connectivity index (χ3n) is 4.61. The van der Waals surface area contributed by atoms with Gasteiger partial charge in [0, 0.05) is 12.1 Å². The molecule has 2 unspecified atom stereocenters. The Morgan fingerprint density at radius 2 is 1.78 bits per heavy atom. The Labute approximate surface area is 144 Å². The lowest BCUT2D eigenvalue weighted by Gasteiger charge is -2.24. The van der Waals surface area contributed by atoms with E-state index in [4.69, 9.17) is 0 Å². The summed E-state index contributed by atoms with van der Waals surface area (Å²) in [4.78, 5) is 0. The maximum atomic E-state index is 13.9. The molecule has 0 radical (unpaired) electrons. The van der Waals surface area contributed by atoms with Crippen LogP contribution in [0.25, 0.3) is 0 Å². The first-order valence-electron chi connectivity index (χ1n) is 8.20. The molecule has 0 amide bonds. The standard InChI is InChI=1S/C20H24FN.ClH/c1-14-8-11-18(13-19(14)21)20(12-16-9-10-16)22-15(2)17-6-4-3-5-7-17;/h3-8,11,13,15-16,20,22H,9-10,12H2,1-2H3;1H. The van der Waals surface area contributed by atoms with Crippen molar-refractivity contribution < 1.29 is 4.39 Å². The van der Waals surface area contributed by atoms with Crippen LogP contribution in [0.3, 0.4) is 0 Å². The molecule has 1 fully saturated rings. The Balaban J connectivity index is 0.00000192. The molecule has 0 saturated heterocycles. The van der Waals surface area contributed by atoms with Crippen LogP contribution in [0.2, 0.25) is 0 Å². The van der Waals surface area contributed by atoms with E-state index < -0.39 is 0 Å². The lowest BCUT2D eigenvalue weighted by Crippen LogP contribution is -2.25. The van der Waals surface area contributed by atoms with Crippen molar-refractivity contribution in [2.75, 3.05) is 0 Å². The highest BCUT2D eigenvalue weighted by molar-refractivity contribution is 5.85. The second-order valence-corrected chi connectivity index (χ2v) is 6.54. The van der Waals surface area contributed by atoms with E-state index in [1.54, 1.807) is 6.07 Å². The van der Waals surface area contributed by atoms with Gasteiger partial charge in [0.1, 0.15) is 5.82 Å². The molecule has 0 heterocycles. The fourth-order valence-electron chi connectivity index (χ4n) is 2.95. The monoisotopic (exact) mass is 333 g/mol. The van der Waals surface area contributed by atoms with Crippen LogP contribution in [0.5, 0.6) is 0 Å². The topological polar surface area (TPSA) is 12.0 Å². The van der Waals surface area contributed by atoms with Gasteiger partial charge in [0.15, 0.2) is 0 Å². The number of halogens is 2. The quantitative estimate of drug-likeness (QED) is 0.710. The van der Waals surface area contributed by atoms with Crippen molar-refractivity contribution in [2.45, 2.75) is 45.2 Å². The van der Waals surface area contributed by atoms with Crippen LogP contribution >= 0.6 is 12.4 Å². The zero-order valence-electron chi connectivity index (χ0n) is 13.8. The van der Waals surface area contributed by atoms with Crippen LogP contribution < -0.4 is 5.32 Å². The van der Waals surface area contributed by atoms with Crippen LogP contribution in [0.1, 0.15) is 55.0 Å². The van der Waals surface area contributed by atoms with Crippen molar-refractivity contribution in [3.63, 3.8) is 0 Å². The number of rotatable bonds is 6.